The Kier molecular flexibility index (Phi) is 4.10. The topological polar surface area (TPSA) is 43.8 Å². The molecule has 4 heteroatoms. The van der Waals surface area contributed by atoms with E-state index >= 15 is 0 Å². The van der Waals surface area contributed by atoms with Crippen molar-refractivity contribution >= 4 is 12.4 Å². The Balaban J connectivity index is 0.00000108. The summed E-state index contributed by atoms with van der Waals surface area (Å²) >= 11 is 0. The molecule has 2 heterocycles. The van der Waals surface area contributed by atoms with Crippen molar-refractivity contribution in [2.24, 2.45) is 5.73 Å². The third-order valence-corrected chi connectivity index (χ3v) is 4.13. The molecule has 1 aromatic heterocycles. The number of rotatable bonds is 1. The molecule has 0 aromatic carbocycles. The van der Waals surface area contributed by atoms with Crippen LogP contribution >= 0.6 is 12.4 Å². The van der Waals surface area contributed by atoms with E-state index in [9.17, 15) is 0 Å². The predicted molar refractivity (Wildman–Crippen MR) is 71.6 cm³/mol. The molecular weight excluding hydrogens is 234 g/mol. The summed E-state index contributed by atoms with van der Waals surface area (Å²) in [5.74, 6) is 2.07. The maximum atomic E-state index is 6.00. The monoisotopic (exact) mass is 255 g/mol. The fourth-order valence-corrected chi connectivity index (χ4v) is 3.20. The first kappa shape index (κ1) is 12.9. The number of aromatic nitrogens is 2. The number of halogens is 1. The first-order chi connectivity index (χ1) is 7.84. The summed E-state index contributed by atoms with van der Waals surface area (Å²) in [6.07, 6.45) is 11.0. The van der Waals surface area contributed by atoms with Gasteiger partial charge in [0, 0.05) is 36.8 Å². The molecule has 0 bridgehead atoms. The zero-order valence-corrected chi connectivity index (χ0v) is 11.1. The van der Waals surface area contributed by atoms with Gasteiger partial charge in [0.1, 0.15) is 5.82 Å². The lowest BCUT2D eigenvalue weighted by Gasteiger charge is -2.26. The van der Waals surface area contributed by atoms with E-state index in [-0.39, 0.29) is 12.4 Å². The van der Waals surface area contributed by atoms with E-state index in [1.165, 1.54) is 43.6 Å². The van der Waals surface area contributed by atoms with Crippen molar-refractivity contribution in [3.05, 3.63) is 17.7 Å². The molecule has 96 valence electrons. The minimum atomic E-state index is 0. The SMILES string of the molecule is Cl.NC1CCn2c(cnc2C2CCCCC2)C1. The zero-order valence-electron chi connectivity index (χ0n) is 10.3. The smallest absolute Gasteiger partial charge is 0.111 e. The first-order valence-electron chi connectivity index (χ1n) is 6.64. The third-order valence-electron chi connectivity index (χ3n) is 4.13. The minimum absolute atomic E-state index is 0. The Morgan fingerprint density at radius 2 is 1.94 bits per heavy atom. The molecule has 1 saturated carbocycles. The van der Waals surface area contributed by atoms with Crippen molar-refractivity contribution < 1.29 is 0 Å². The van der Waals surface area contributed by atoms with Crippen LogP contribution in [0.4, 0.5) is 0 Å². The molecule has 3 nitrogen and oxygen atoms in total. The van der Waals surface area contributed by atoms with Gasteiger partial charge in [-0.05, 0) is 19.3 Å². The summed E-state index contributed by atoms with van der Waals surface area (Å²) in [5, 5.41) is 0. The van der Waals surface area contributed by atoms with Crippen LogP contribution in [0.1, 0.15) is 56.0 Å². The van der Waals surface area contributed by atoms with Crippen LogP contribution in [-0.4, -0.2) is 15.6 Å². The average molecular weight is 256 g/mol. The van der Waals surface area contributed by atoms with Gasteiger partial charge in [-0.1, -0.05) is 19.3 Å². The third kappa shape index (κ3) is 2.50. The standard InChI is InChI=1S/C13H21N3.ClH/c14-11-6-7-16-12(8-11)9-15-13(16)10-4-2-1-3-5-10;/h9-11H,1-8,14H2;1H. The highest BCUT2D eigenvalue weighted by molar-refractivity contribution is 5.85. The number of hydrogen-bond acceptors (Lipinski definition) is 2. The van der Waals surface area contributed by atoms with Crippen LogP contribution < -0.4 is 5.73 Å². The Bertz CT molecular complexity index is 369. The fourth-order valence-electron chi connectivity index (χ4n) is 3.20. The fraction of sp³-hybridized carbons (Fsp3) is 0.769. The quantitative estimate of drug-likeness (QED) is 0.838. The molecule has 1 aliphatic carbocycles. The number of fused-ring (bicyclic) bond motifs is 1. The summed E-state index contributed by atoms with van der Waals surface area (Å²) in [6.45, 7) is 1.09. The van der Waals surface area contributed by atoms with Crippen LogP contribution in [0, 0.1) is 0 Å². The summed E-state index contributed by atoms with van der Waals surface area (Å²) in [7, 11) is 0. The molecule has 0 amide bonds. The van der Waals surface area contributed by atoms with E-state index in [0.29, 0.717) is 6.04 Å². The molecule has 1 unspecified atom stereocenters. The van der Waals surface area contributed by atoms with Crippen LogP contribution in [0.5, 0.6) is 0 Å². The van der Waals surface area contributed by atoms with E-state index < -0.39 is 0 Å². The number of nitrogens with two attached hydrogens (primary N) is 1. The lowest BCUT2D eigenvalue weighted by Crippen LogP contribution is -2.31. The molecule has 1 fully saturated rings. The molecule has 1 atom stereocenters. The van der Waals surface area contributed by atoms with E-state index in [1.807, 2.05) is 0 Å². The summed E-state index contributed by atoms with van der Waals surface area (Å²) < 4.78 is 2.44. The van der Waals surface area contributed by atoms with E-state index in [2.05, 4.69) is 15.7 Å². The van der Waals surface area contributed by atoms with Gasteiger partial charge >= 0.3 is 0 Å². The Morgan fingerprint density at radius 3 is 2.71 bits per heavy atom. The van der Waals surface area contributed by atoms with Crippen LogP contribution in [0.25, 0.3) is 0 Å². The van der Waals surface area contributed by atoms with Crippen LogP contribution in [0.15, 0.2) is 6.20 Å². The summed E-state index contributed by atoms with van der Waals surface area (Å²) in [5.41, 5.74) is 7.36. The van der Waals surface area contributed by atoms with Crippen molar-refractivity contribution in [2.75, 3.05) is 0 Å². The van der Waals surface area contributed by atoms with Crippen LogP contribution in [0.3, 0.4) is 0 Å². The van der Waals surface area contributed by atoms with Gasteiger partial charge < -0.3 is 10.3 Å². The predicted octanol–water partition coefficient (Wildman–Crippen LogP) is 2.63. The second-order valence-corrected chi connectivity index (χ2v) is 5.35. The van der Waals surface area contributed by atoms with Gasteiger partial charge in [-0.25, -0.2) is 4.98 Å². The lowest BCUT2D eigenvalue weighted by molar-refractivity contribution is 0.393. The van der Waals surface area contributed by atoms with E-state index in [0.717, 1.165) is 25.3 Å². The summed E-state index contributed by atoms with van der Waals surface area (Å²) in [6, 6.07) is 0.350. The molecule has 3 rings (SSSR count). The molecule has 2 N–H and O–H groups in total. The summed E-state index contributed by atoms with van der Waals surface area (Å²) in [4.78, 5) is 4.66. The lowest BCUT2D eigenvalue weighted by atomic mass is 9.88. The molecule has 0 spiro atoms. The average Bonchev–Trinajstić information content (AvgIpc) is 2.73. The van der Waals surface area contributed by atoms with E-state index in [1.54, 1.807) is 0 Å². The van der Waals surface area contributed by atoms with Crippen LogP contribution in [0.2, 0.25) is 0 Å². The Morgan fingerprint density at radius 1 is 1.18 bits per heavy atom. The van der Waals surface area contributed by atoms with Crippen molar-refractivity contribution in [3.63, 3.8) is 0 Å². The van der Waals surface area contributed by atoms with E-state index in [4.69, 9.17) is 5.73 Å². The number of nitrogens with zero attached hydrogens (tertiary/aromatic N) is 2. The highest BCUT2D eigenvalue weighted by Gasteiger charge is 2.24. The second-order valence-electron chi connectivity index (χ2n) is 5.35. The van der Waals surface area contributed by atoms with Gasteiger partial charge in [0.05, 0.1) is 0 Å². The van der Waals surface area contributed by atoms with Gasteiger partial charge in [0.2, 0.25) is 0 Å². The van der Waals surface area contributed by atoms with Gasteiger partial charge in [0.15, 0.2) is 0 Å². The minimum Gasteiger partial charge on any atom is -0.332 e. The number of hydrogen-bond donors (Lipinski definition) is 1. The molecule has 0 radical (unpaired) electrons. The van der Waals surface area contributed by atoms with Crippen molar-refractivity contribution in [3.8, 4) is 0 Å². The normalized spacial score (nSPS) is 25.1. The van der Waals surface area contributed by atoms with Crippen LogP contribution in [-0.2, 0) is 13.0 Å². The van der Waals surface area contributed by atoms with Crippen molar-refractivity contribution in [1.29, 1.82) is 0 Å². The molecule has 0 saturated heterocycles. The number of imidazole rings is 1. The largest absolute Gasteiger partial charge is 0.332 e. The van der Waals surface area contributed by atoms with Gasteiger partial charge in [-0.15, -0.1) is 12.4 Å². The molecule has 1 aromatic rings. The zero-order chi connectivity index (χ0) is 11.0. The van der Waals surface area contributed by atoms with Gasteiger partial charge in [-0.3, -0.25) is 0 Å². The Labute approximate surface area is 109 Å². The first-order valence-corrected chi connectivity index (χ1v) is 6.64. The van der Waals surface area contributed by atoms with Gasteiger partial charge in [-0.2, -0.15) is 0 Å². The molecule has 17 heavy (non-hydrogen) atoms. The maximum Gasteiger partial charge on any atom is 0.111 e. The molecule has 2 aliphatic rings. The van der Waals surface area contributed by atoms with Crippen molar-refractivity contribution in [1.82, 2.24) is 9.55 Å². The molecular formula is C13H22ClN3. The molecule has 1 aliphatic heterocycles. The second kappa shape index (κ2) is 5.40. The highest BCUT2D eigenvalue weighted by atomic mass is 35.5. The maximum absolute atomic E-state index is 6.00. The Hall–Kier alpha value is -0.540. The van der Waals surface area contributed by atoms with Gasteiger partial charge in [0.25, 0.3) is 0 Å². The highest BCUT2D eigenvalue weighted by Crippen LogP contribution is 2.33. The van der Waals surface area contributed by atoms with Crippen molar-refractivity contribution in [2.45, 2.75) is 63.5 Å².